The zero-order valence-electron chi connectivity index (χ0n) is 71.0. The molecule has 0 heterocycles. The van der Waals surface area contributed by atoms with Crippen LogP contribution in [0.5, 0.6) is 23.0 Å². The third kappa shape index (κ3) is 15.9. The first-order valence-corrected chi connectivity index (χ1v) is 49.5. The molecule has 0 saturated carbocycles. The number of hydrogen-bond acceptors (Lipinski definition) is 4. The summed E-state index contributed by atoms with van der Waals surface area (Å²) < 4.78 is 31.9. The molecule has 15 aromatic rings. The van der Waals surface area contributed by atoms with Crippen molar-refractivity contribution in [3.8, 4) is 46.7 Å². The molecular weight excluding hydrogens is 1520 g/mol. The Morgan fingerprint density at radius 2 is 0.333 bits per heavy atom. The van der Waals surface area contributed by atoms with Crippen molar-refractivity contribution in [2.75, 3.05) is 0 Å². The van der Waals surface area contributed by atoms with Crippen LogP contribution in [0.2, 0.25) is 20.2 Å². The normalized spacial score (nSPS) is 12.4. The lowest BCUT2D eigenvalue weighted by Gasteiger charge is -2.43. The van der Waals surface area contributed by atoms with Crippen LogP contribution in [0.15, 0.2) is 425 Å². The summed E-state index contributed by atoms with van der Waals surface area (Å²) in [5.74, 6) is 19.0. The second-order valence-corrected chi connectivity index (χ2v) is 52.4. The fourth-order valence-corrected chi connectivity index (χ4v) is 35.9. The lowest BCUT2D eigenvalue weighted by Crippen LogP contribution is -2.68. The Bertz CT molecular complexity index is 5240. The van der Waals surface area contributed by atoms with Crippen LogP contribution in [0.4, 0.5) is 0 Å². The van der Waals surface area contributed by atoms with Crippen LogP contribution in [0.25, 0.3) is 0 Å². The standard InChI is InChI=1S/C112H106O4Si4/c1-107(2,3)117(99-59-27-15-28-60-99,100-61-29-16-30-62-100)113-95-55-43-51-91(83-95)111(89-47-23-13-24-48-89,92-52-44-56-96(84-92)114-118(108(4,5)6,101-63-31-17-32-64-101)102-65-33-18-34-66-102)81-79-87-75-77-88(78-76-87)80-82-112(90-49-25-14-26-50-90,93-53-45-57-97(85-93)115-119(109(7,8)9,103-67-35-19-36-68-103)104-69-37-20-38-70-104)94-54-46-58-98(86-94)116-120(110(10,11)12,105-71-39-21-40-72-105)106-73-41-22-42-74-106/h13-78,83-86H,1-12H3. The van der Waals surface area contributed by atoms with Gasteiger partial charge in [0.1, 0.15) is 33.8 Å². The maximum absolute atomic E-state index is 7.97. The topological polar surface area (TPSA) is 36.9 Å². The van der Waals surface area contributed by atoms with E-state index in [2.05, 4.69) is 531 Å². The van der Waals surface area contributed by atoms with Gasteiger partial charge in [0, 0.05) is 11.1 Å². The maximum Gasteiger partial charge on any atom is 0.319 e. The summed E-state index contributed by atoms with van der Waals surface area (Å²) in [4.78, 5) is 0. The molecule has 8 heteroatoms. The van der Waals surface area contributed by atoms with Crippen molar-refractivity contribution in [1.82, 2.24) is 0 Å². The van der Waals surface area contributed by atoms with E-state index in [0.29, 0.717) is 0 Å². The summed E-state index contributed by atoms with van der Waals surface area (Å²) in [6.45, 7) is 27.9. The molecule has 0 radical (unpaired) electrons. The van der Waals surface area contributed by atoms with E-state index >= 15 is 0 Å². The van der Waals surface area contributed by atoms with Gasteiger partial charge >= 0.3 is 33.3 Å². The number of benzene rings is 15. The average molecular weight is 1630 g/mol. The lowest BCUT2D eigenvalue weighted by molar-refractivity contribution is 0.505. The van der Waals surface area contributed by atoms with Crippen LogP contribution in [0.1, 0.15) is 128 Å². The van der Waals surface area contributed by atoms with Gasteiger partial charge in [-0.15, -0.1) is 0 Å². The van der Waals surface area contributed by atoms with Crippen molar-refractivity contribution in [1.29, 1.82) is 0 Å². The third-order valence-electron chi connectivity index (χ3n) is 23.9. The Hall–Kier alpha value is -12.5. The summed E-state index contributed by atoms with van der Waals surface area (Å²) in [5, 5.41) is 8.25. The summed E-state index contributed by atoms with van der Waals surface area (Å²) in [7, 11) is -12.6. The molecule has 0 saturated heterocycles. The molecule has 0 amide bonds. The molecule has 0 N–H and O–H groups in total. The van der Waals surface area contributed by atoms with Crippen molar-refractivity contribution in [2.24, 2.45) is 0 Å². The Morgan fingerprint density at radius 1 is 0.175 bits per heavy atom. The van der Waals surface area contributed by atoms with Gasteiger partial charge in [-0.1, -0.05) is 459 Å². The second kappa shape index (κ2) is 34.4. The van der Waals surface area contributed by atoms with Crippen LogP contribution >= 0.6 is 0 Å². The summed E-state index contributed by atoms with van der Waals surface area (Å²) in [6.07, 6.45) is 0. The molecule has 0 fully saturated rings. The Morgan fingerprint density at radius 3 is 0.500 bits per heavy atom. The molecule has 0 unspecified atom stereocenters. The van der Waals surface area contributed by atoms with E-state index in [9.17, 15) is 0 Å². The molecule has 0 spiro atoms. The van der Waals surface area contributed by atoms with Crippen molar-refractivity contribution >= 4 is 74.8 Å². The quantitative estimate of drug-likeness (QED) is 0.0385. The van der Waals surface area contributed by atoms with Gasteiger partial charge in [0.15, 0.2) is 0 Å². The molecule has 15 aromatic carbocycles. The summed E-state index contributed by atoms with van der Waals surface area (Å²) in [5.41, 5.74) is 5.13. The fourth-order valence-electron chi connectivity index (χ4n) is 18.3. The van der Waals surface area contributed by atoms with E-state index in [0.717, 1.165) is 67.5 Å². The predicted molar refractivity (Wildman–Crippen MR) is 512 cm³/mol. The van der Waals surface area contributed by atoms with Crippen LogP contribution < -0.4 is 59.2 Å². The van der Waals surface area contributed by atoms with E-state index in [1.54, 1.807) is 0 Å². The largest absolute Gasteiger partial charge is 0.534 e. The lowest BCUT2D eigenvalue weighted by atomic mass is 9.69. The highest BCUT2D eigenvalue weighted by atomic mass is 28.4. The molecule has 15 rings (SSSR count). The first-order chi connectivity index (χ1) is 57.9. The second-order valence-electron chi connectivity index (χ2n) is 35.5. The highest BCUT2D eigenvalue weighted by Gasteiger charge is 2.56. The predicted octanol–water partition coefficient (Wildman–Crippen LogP) is 22.2. The molecule has 120 heavy (non-hydrogen) atoms. The molecule has 0 bridgehead atoms. The fraction of sp³-hybridized carbons (Fsp3) is 0.161. The molecule has 0 aliphatic heterocycles. The molecule has 0 atom stereocenters. The molecule has 0 aromatic heterocycles. The van der Waals surface area contributed by atoms with Gasteiger partial charge in [0.2, 0.25) is 0 Å². The van der Waals surface area contributed by atoms with Gasteiger partial charge in [0.05, 0.1) is 0 Å². The van der Waals surface area contributed by atoms with Crippen LogP contribution in [0.3, 0.4) is 0 Å². The van der Waals surface area contributed by atoms with Crippen LogP contribution in [-0.2, 0) is 10.8 Å². The SMILES string of the molecule is CC(C)(C)[Si](Oc1cccc(C(C#Cc2ccc(C#CC(c3ccccc3)(c3cccc(O[Si](c4ccccc4)(c4ccccc4)C(C)(C)C)c3)c3cccc(O[Si](c4ccccc4)(c4ccccc4)C(C)(C)C)c3)cc2)(c2ccccc2)c2cccc(O[Si](c3ccccc3)(c3ccccc3)C(C)(C)C)c2)c1)(c1ccccc1)c1ccccc1. The van der Waals surface area contributed by atoms with E-state index in [1.165, 1.54) is 41.5 Å². The van der Waals surface area contributed by atoms with E-state index in [1.807, 2.05) is 0 Å². The van der Waals surface area contributed by atoms with Gasteiger partial charge < -0.3 is 17.7 Å². The van der Waals surface area contributed by atoms with Crippen molar-refractivity contribution < 1.29 is 17.7 Å². The number of hydrogen-bond donors (Lipinski definition) is 0. The van der Waals surface area contributed by atoms with Gasteiger partial charge in [0.25, 0.3) is 0 Å². The zero-order valence-corrected chi connectivity index (χ0v) is 75.0. The van der Waals surface area contributed by atoms with Crippen molar-refractivity contribution in [2.45, 2.75) is 114 Å². The monoisotopic (exact) mass is 1630 g/mol. The van der Waals surface area contributed by atoms with Crippen LogP contribution in [0, 0.1) is 23.7 Å². The highest BCUT2D eigenvalue weighted by molar-refractivity contribution is 7.02. The minimum atomic E-state index is -3.16. The smallest absolute Gasteiger partial charge is 0.319 e. The Kier molecular flexibility index (Phi) is 23.7. The molecule has 594 valence electrons. The zero-order chi connectivity index (χ0) is 83.7. The minimum Gasteiger partial charge on any atom is -0.534 e. The van der Waals surface area contributed by atoms with Gasteiger partial charge in [-0.25, -0.2) is 0 Å². The van der Waals surface area contributed by atoms with E-state index in [4.69, 9.17) is 17.7 Å². The first kappa shape index (κ1) is 82.6. The third-order valence-corrected chi connectivity index (χ3v) is 43.7. The molecule has 0 aliphatic rings. The summed E-state index contributed by atoms with van der Waals surface area (Å²) in [6, 6.07) is 152. The minimum absolute atomic E-state index is 0.312. The molecule has 4 nitrogen and oxygen atoms in total. The van der Waals surface area contributed by atoms with Crippen molar-refractivity contribution in [3.05, 3.63) is 469 Å². The van der Waals surface area contributed by atoms with Gasteiger partial charge in [-0.2, -0.15) is 0 Å². The van der Waals surface area contributed by atoms with Gasteiger partial charge in [-0.3, -0.25) is 0 Å². The van der Waals surface area contributed by atoms with Crippen LogP contribution in [-0.4, -0.2) is 33.3 Å². The molecular formula is C112H106O4Si4. The Balaban J connectivity index is 0.924. The molecule has 0 aliphatic carbocycles. The Labute approximate surface area is 717 Å². The van der Waals surface area contributed by atoms with Crippen molar-refractivity contribution in [3.63, 3.8) is 0 Å². The number of rotatable bonds is 22. The maximum atomic E-state index is 7.97. The summed E-state index contributed by atoms with van der Waals surface area (Å²) >= 11 is 0. The average Bonchev–Trinajstić information content (AvgIpc) is 0.739. The van der Waals surface area contributed by atoms with E-state index < -0.39 is 44.1 Å². The first-order valence-electron chi connectivity index (χ1n) is 41.8. The van der Waals surface area contributed by atoms with Gasteiger partial charge in [-0.05, 0) is 168 Å². The van der Waals surface area contributed by atoms with E-state index in [-0.39, 0.29) is 20.2 Å². The highest BCUT2D eigenvalue weighted by Crippen LogP contribution is 2.48.